The summed E-state index contributed by atoms with van der Waals surface area (Å²) in [5.41, 5.74) is 1.32. The van der Waals surface area contributed by atoms with Gasteiger partial charge in [0.1, 0.15) is 10.6 Å². The van der Waals surface area contributed by atoms with Gasteiger partial charge in [-0.1, -0.05) is 67.8 Å². The zero-order valence-electron chi connectivity index (χ0n) is 19.1. The summed E-state index contributed by atoms with van der Waals surface area (Å²) in [6.07, 6.45) is 2.98. The van der Waals surface area contributed by atoms with E-state index in [-0.39, 0.29) is 41.6 Å². The van der Waals surface area contributed by atoms with Crippen LogP contribution in [0.2, 0.25) is 0 Å². The molecule has 0 saturated heterocycles. The Hall–Kier alpha value is -0.890. The Balaban J connectivity index is -0.000000434. The Morgan fingerprint density at radius 3 is 1.89 bits per heavy atom. The van der Waals surface area contributed by atoms with E-state index >= 15 is 0 Å². The topological polar surface area (TPSA) is 66.8 Å². The van der Waals surface area contributed by atoms with Crippen LogP contribution in [-0.4, -0.2) is 45.6 Å². The van der Waals surface area contributed by atoms with E-state index in [0.717, 1.165) is 19.3 Å². The van der Waals surface area contributed by atoms with E-state index in [0.29, 0.717) is 6.61 Å². The number of rotatable bonds is 6. The molecule has 0 atom stereocenters. The molecule has 0 spiro atoms. The van der Waals surface area contributed by atoms with Gasteiger partial charge in [-0.15, -0.1) is 0 Å². The Morgan fingerprint density at radius 2 is 1.46 bits per heavy atom. The zero-order valence-corrected chi connectivity index (χ0v) is 20.9. The van der Waals surface area contributed by atoms with Crippen molar-refractivity contribution in [3.63, 3.8) is 0 Å². The summed E-state index contributed by atoms with van der Waals surface area (Å²) < 4.78 is 36.3. The number of unbranched alkanes of at least 4 members (excludes halogenated alkanes) is 2. The third kappa shape index (κ3) is 16.1. The van der Waals surface area contributed by atoms with Crippen molar-refractivity contribution < 1.29 is 48.7 Å². The first-order chi connectivity index (χ1) is 12.7. The summed E-state index contributed by atoms with van der Waals surface area (Å²) in [6, 6.07) is 16.3. The van der Waals surface area contributed by atoms with E-state index in [1.807, 2.05) is 44.2 Å². The fraction of sp³-hybridized carbons (Fsp3) is 0.429. The summed E-state index contributed by atoms with van der Waals surface area (Å²) in [5.74, 6) is 0.209. The van der Waals surface area contributed by atoms with Gasteiger partial charge >= 0.3 is 29.6 Å². The Bertz CT molecular complexity index is 726. The largest absolute Gasteiger partial charge is 1.00 e. The van der Waals surface area contributed by atoms with Gasteiger partial charge in [-0.2, -0.15) is 8.42 Å². The zero-order chi connectivity index (χ0) is 20.7. The number of nitrogens with zero attached hydrogens (tertiary/aromatic N) is 1. The normalized spacial score (nSPS) is 9.96. The van der Waals surface area contributed by atoms with Crippen LogP contribution in [0.15, 0.2) is 59.5 Å². The van der Waals surface area contributed by atoms with Crippen molar-refractivity contribution in [2.75, 3.05) is 27.7 Å². The van der Waals surface area contributed by atoms with Gasteiger partial charge in [0, 0.05) is 0 Å². The average molecular weight is 420 g/mol. The third-order valence-corrected chi connectivity index (χ3v) is 3.97. The van der Waals surface area contributed by atoms with Gasteiger partial charge in [-0.25, -0.2) is 0 Å². The van der Waals surface area contributed by atoms with E-state index in [1.54, 1.807) is 12.1 Å². The molecule has 1 N–H and O–H groups in total. The van der Waals surface area contributed by atoms with Crippen molar-refractivity contribution in [2.24, 2.45) is 0 Å². The Morgan fingerprint density at radius 1 is 0.964 bits per heavy atom. The summed E-state index contributed by atoms with van der Waals surface area (Å²) in [7, 11) is 1.80. The Labute approximate surface area is 194 Å². The first-order valence-corrected chi connectivity index (χ1v) is 10.4. The summed E-state index contributed by atoms with van der Waals surface area (Å²) in [6.45, 7) is 4.62. The Kier molecular flexibility index (Phi) is 17.8. The minimum absolute atomic E-state index is 0. The molecule has 0 radical (unpaired) electrons. The second-order valence-corrected chi connectivity index (χ2v) is 7.86. The van der Waals surface area contributed by atoms with Crippen LogP contribution in [0.25, 0.3) is 0 Å². The second-order valence-electron chi connectivity index (χ2n) is 6.47. The first-order valence-electron chi connectivity index (χ1n) is 9.00. The molecule has 0 aliphatic heterocycles. The molecule has 0 amide bonds. The fourth-order valence-electron chi connectivity index (χ4n) is 1.85. The predicted molar refractivity (Wildman–Crippen MR) is 113 cm³/mol. The molecule has 5 nitrogen and oxygen atoms in total. The van der Waals surface area contributed by atoms with Gasteiger partial charge in [0.2, 0.25) is 0 Å². The molecule has 28 heavy (non-hydrogen) atoms. The molecular formula is C21H34NNaO4S. The van der Waals surface area contributed by atoms with E-state index in [2.05, 4.69) is 26.0 Å². The molecule has 2 aromatic carbocycles. The molecule has 0 heterocycles. The monoisotopic (exact) mass is 419 g/mol. The van der Waals surface area contributed by atoms with Gasteiger partial charge in [0.25, 0.3) is 10.1 Å². The number of benzene rings is 2. The SMILES string of the molecule is CCCCCOc1ccccc1S(=O)(=O)O.CN(C)C.Cc1ccccc1.[H-].[Na+]. The molecule has 0 aliphatic rings. The molecule has 7 heteroatoms. The van der Waals surface area contributed by atoms with Crippen LogP contribution in [-0.2, 0) is 10.1 Å². The van der Waals surface area contributed by atoms with Crippen molar-refractivity contribution in [3.05, 3.63) is 60.2 Å². The molecule has 0 unspecified atom stereocenters. The molecule has 154 valence electrons. The van der Waals surface area contributed by atoms with Crippen LogP contribution in [0.1, 0.15) is 33.2 Å². The minimum atomic E-state index is -4.20. The maximum atomic E-state index is 11.0. The number of hydrogen-bond donors (Lipinski definition) is 1. The third-order valence-electron chi connectivity index (χ3n) is 3.07. The molecule has 2 rings (SSSR count). The maximum absolute atomic E-state index is 11.0. The number of para-hydroxylation sites is 1. The fourth-order valence-corrected chi connectivity index (χ4v) is 2.48. The van der Waals surface area contributed by atoms with E-state index < -0.39 is 10.1 Å². The van der Waals surface area contributed by atoms with Crippen LogP contribution in [0.4, 0.5) is 0 Å². The van der Waals surface area contributed by atoms with E-state index in [4.69, 9.17) is 9.29 Å². The van der Waals surface area contributed by atoms with E-state index in [9.17, 15) is 8.42 Å². The van der Waals surface area contributed by atoms with Crippen molar-refractivity contribution in [2.45, 2.75) is 38.0 Å². The van der Waals surface area contributed by atoms with Gasteiger partial charge < -0.3 is 11.1 Å². The first kappa shape index (κ1) is 29.3. The maximum Gasteiger partial charge on any atom is 1.00 e. The average Bonchev–Trinajstić information content (AvgIpc) is 2.59. The van der Waals surface area contributed by atoms with Gasteiger partial charge in [-0.3, -0.25) is 4.55 Å². The molecule has 0 bridgehead atoms. The van der Waals surface area contributed by atoms with Gasteiger partial charge in [0.05, 0.1) is 6.61 Å². The second kappa shape index (κ2) is 17.0. The summed E-state index contributed by atoms with van der Waals surface area (Å²) >= 11 is 0. The van der Waals surface area contributed by atoms with Gasteiger partial charge in [0.15, 0.2) is 0 Å². The van der Waals surface area contributed by atoms with Crippen LogP contribution < -0.4 is 34.3 Å². The summed E-state index contributed by atoms with van der Waals surface area (Å²) in [4.78, 5) is 1.83. The van der Waals surface area contributed by atoms with Crippen molar-refractivity contribution >= 4 is 10.1 Å². The van der Waals surface area contributed by atoms with Crippen LogP contribution >= 0.6 is 0 Å². The quantitative estimate of drug-likeness (QED) is 0.439. The van der Waals surface area contributed by atoms with E-state index in [1.165, 1.54) is 17.7 Å². The minimum Gasteiger partial charge on any atom is -1.00 e. The van der Waals surface area contributed by atoms with Crippen molar-refractivity contribution in [3.8, 4) is 5.75 Å². The number of ether oxygens (including phenoxy) is 1. The van der Waals surface area contributed by atoms with Crippen LogP contribution in [0, 0.1) is 6.92 Å². The molecule has 0 saturated carbocycles. The van der Waals surface area contributed by atoms with Crippen LogP contribution in [0.3, 0.4) is 0 Å². The molecule has 0 aliphatic carbocycles. The van der Waals surface area contributed by atoms with Crippen molar-refractivity contribution in [1.29, 1.82) is 0 Å². The number of aryl methyl sites for hydroxylation is 1. The smallest absolute Gasteiger partial charge is 1.00 e. The van der Waals surface area contributed by atoms with Gasteiger partial charge in [-0.05, 0) is 46.6 Å². The van der Waals surface area contributed by atoms with Crippen molar-refractivity contribution in [1.82, 2.24) is 4.90 Å². The molecule has 2 aromatic rings. The molecule has 0 aromatic heterocycles. The number of hydrogen-bond acceptors (Lipinski definition) is 4. The molecular weight excluding hydrogens is 385 g/mol. The van der Waals surface area contributed by atoms with Crippen LogP contribution in [0.5, 0.6) is 5.75 Å². The molecule has 0 fully saturated rings. The standard InChI is InChI=1S/C11H16O4S.C7H8.C3H9N.Na.H/c1-2-3-6-9-15-10-7-4-5-8-11(10)16(12,13)14;1-7-5-3-2-4-6-7;1-4(2)3;;/h4-5,7-8H,2-3,6,9H2,1H3,(H,12,13,14);2-6H,1H3;1-3H3;;/q;;;+1;-1. The predicted octanol–water partition coefficient (Wildman–Crippen LogP) is 1.79. The summed E-state index contributed by atoms with van der Waals surface area (Å²) in [5, 5.41) is 0.